The van der Waals surface area contributed by atoms with Crippen LogP contribution in [0.15, 0.2) is 42.5 Å². The van der Waals surface area contributed by atoms with Crippen LogP contribution in [0.5, 0.6) is 5.75 Å². The summed E-state index contributed by atoms with van der Waals surface area (Å²) < 4.78 is 31.6. The van der Waals surface area contributed by atoms with Gasteiger partial charge in [-0.1, -0.05) is 0 Å². The zero-order chi connectivity index (χ0) is 18.4. The summed E-state index contributed by atoms with van der Waals surface area (Å²) in [5, 5.41) is 4.78. The maximum absolute atomic E-state index is 13.5. The zero-order valence-corrected chi connectivity index (χ0v) is 13.7. The van der Waals surface area contributed by atoms with Gasteiger partial charge in [0.05, 0.1) is 5.69 Å². The molecule has 0 aliphatic heterocycles. The Kier molecular flexibility index (Phi) is 5.89. The Hall–Kier alpha value is -3.16. The van der Waals surface area contributed by atoms with Gasteiger partial charge < -0.3 is 20.3 Å². The lowest BCUT2D eigenvalue weighted by atomic mass is 10.3. The van der Waals surface area contributed by atoms with Crippen LogP contribution < -0.4 is 15.4 Å². The van der Waals surface area contributed by atoms with Crippen LogP contribution >= 0.6 is 0 Å². The molecular weight excluding hydrogens is 332 g/mol. The molecule has 0 unspecified atom stereocenters. The second-order valence-corrected chi connectivity index (χ2v) is 5.30. The molecule has 0 fully saturated rings. The lowest BCUT2D eigenvalue weighted by Crippen LogP contribution is -2.27. The van der Waals surface area contributed by atoms with Gasteiger partial charge in [-0.3, -0.25) is 4.79 Å². The molecule has 0 spiro atoms. The van der Waals surface area contributed by atoms with E-state index in [9.17, 15) is 18.4 Å². The van der Waals surface area contributed by atoms with E-state index in [4.69, 9.17) is 4.74 Å². The lowest BCUT2D eigenvalue weighted by molar-refractivity contribution is -0.130. The van der Waals surface area contributed by atoms with Crippen molar-refractivity contribution in [2.75, 3.05) is 31.3 Å². The number of hydrogen-bond acceptors (Lipinski definition) is 3. The van der Waals surface area contributed by atoms with E-state index in [1.54, 1.807) is 38.4 Å². The molecule has 2 aromatic carbocycles. The van der Waals surface area contributed by atoms with Gasteiger partial charge >= 0.3 is 6.03 Å². The quantitative estimate of drug-likeness (QED) is 0.871. The van der Waals surface area contributed by atoms with Gasteiger partial charge in [0.25, 0.3) is 5.91 Å². The molecule has 0 aromatic heterocycles. The highest BCUT2D eigenvalue weighted by Crippen LogP contribution is 2.18. The number of anilines is 2. The van der Waals surface area contributed by atoms with Crippen LogP contribution in [0.3, 0.4) is 0 Å². The molecule has 2 aromatic rings. The number of urea groups is 1. The number of nitrogens with one attached hydrogen (secondary N) is 2. The maximum atomic E-state index is 13.5. The van der Waals surface area contributed by atoms with Crippen molar-refractivity contribution in [3.63, 3.8) is 0 Å². The number of hydrogen-bond donors (Lipinski definition) is 2. The number of likely N-dealkylation sites (N-methyl/N-ethyl adjacent to an activating group) is 1. The Morgan fingerprint density at radius 1 is 1.04 bits per heavy atom. The third-order valence-electron chi connectivity index (χ3n) is 3.15. The van der Waals surface area contributed by atoms with Crippen LogP contribution in [-0.4, -0.2) is 37.5 Å². The molecule has 25 heavy (non-hydrogen) atoms. The van der Waals surface area contributed by atoms with Gasteiger partial charge in [0.2, 0.25) is 0 Å². The molecule has 2 N–H and O–H groups in total. The molecule has 3 amide bonds. The highest BCUT2D eigenvalue weighted by molar-refractivity contribution is 5.99. The minimum Gasteiger partial charge on any atom is -0.484 e. The SMILES string of the molecule is CN(C)C(=O)COc1ccc(NC(=O)Nc2ccc(F)cc2F)cc1. The maximum Gasteiger partial charge on any atom is 0.323 e. The van der Waals surface area contributed by atoms with Crippen LogP contribution in [0.4, 0.5) is 25.0 Å². The second-order valence-electron chi connectivity index (χ2n) is 5.30. The predicted octanol–water partition coefficient (Wildman–Crippen LogP) is 3.08. The molecule has 0 aliphatic carbocycles. The summed E-state index contributed by atoms with van der Waals surface area (Å²) in [4.78, 5) is 24.7. The number of benzene rings is 2. The fraction of sp³-hybridized carbons (Fsp3) is 0.176. The Bertz CT molecular complexity index is 764. The molecule has 0 heterocycles. The monoisotopic (exact) mass is 349 g/mol. The fourth-order valence-corrected chi connectivity index (χ4v) is 1.78. The topological polar surface area (TPSA) is 70.7 Å². The summed E-state index contributed by atoms with van der Waals surface area (Å²) in [6.45, 7) is -0.0931. The average molecular weight is 349 g/mol. The van der Waals surface area contributed by atoms with Crippen molar-refractivity contribution in [2.45, 2.75) is 0 Å². The summed E-state index contributed by atoms with van der Waals surface area (Å²) in [5.41, 5.74) is 0.298. The average Bonchev–Trinajstić information content (AvgIpc) is 2.56. The number of halogens is 2. The molecule has 6 nitrogen and oxygen atoms in total. The predicted molar refractivity (Wildman–Crippen MR) is 89.6 cm³/mol. The Balaban J connectivity index is 1.90. The first-order chi connectivity index (χ1) is 11.8. The van der Waals surface area contributed by atoms with Crippen molar-refractivity contribution in [2.24, 2.45) is 0 Å². The number of amides is 3. The number of rotatable bonds is 5. The van der Waals surface area contributed by atoms with E-state index < -0.39 is 17.7 Å². The highest BCUT2D eigenvalue weighted by Gasteiger charge is 2.09. The Labute approximate surface area is 143 Å². The number of carbonyl (C=O) groups is 2. The van der Waals surface area contributed by atoms with E-state index in [2.05, 4.69) is 10.6 Å². The van der Waals surface area contributed by atoms with Crippen LogP contribution in [-0.2, 0) is 4.79 Å². The van der Waals surface area contributed by atoms with Gasteiger partial charge in [0.15, 0.2) is 6.61 Å². The lowest BCUT2D eigenvalue weighted by Gasteiger charge is -2.12. The zero-order valence-electron chi connectivity index (χ0n) is 13.7. The summed E-state index contributed by atoms with van der Waals surface area (Å²) in [6.07, 6.45) is 0. The third kappa shape index (κ3) is 5.45. The van der Waals surface area contributed by atoms with Crippen LogP contribution in [0, 0.1) is 11.6 Å². The molecule has 2 rings (SSSR count). The van der Waals surface area contributed by atoms with Gasteiger partial charge in [0.1, 0.15) is 17.4 Å². The molecule has 0 saturated carbocycles. The molecular formula is C17H17F2N3O3. The molecule has 0 radical (unpaired) electrons. The third-order valence-corrected chi connectivity index (χ3v) is 3.15. The van der Waals surface area contributed by atoms with E-state index in [1.165, 1.54) is 4.90 Å². The first kappa shape index (κ1) is 18.2. The van der Waals surface area contributed by atoms with Gasteiger partial charge in [-0.15, -0.1) is 0 Å². The highest BCUT2D eigenvalue weighted by atomic mass is 19.1. The minimum atomic E-state index is -0.871. The second kappa shape index (κ2) is 8.09. The van der Waals surface area contributed by atoms with Crippen LogP contribution in [0.25, 0.3) is 0 Å². The van der Waals surface area contributed by atoms with Gasteiger partial charge in [0, 0.05) is 25.8 Å². The number of nitrogens with zero attached hydrogens (tertiary/aromatic N) is 1. The minimum absolute atomic E-state index is 0.0931. The Morgan fingerprint density at radius 3 is 2.32 bits per heavy atom. The number of carbonyl (C=O) groups excluding carboxylic acids is 2. The fourth-order valence-electron chi connectivity index (χ4n) is 1.78. The van der Waals surface area contributed by atoms with Gasteiger partial charge in [-0.2, -0.15) is 0 Å². The summed E-state index contributed by atoms with van der Waals surface area (Å²) >= 11 is 0. The van der Waals surface area contributed by atoms with Gasteiger partial charge in [-0.05, 0) is 36.4 Å². The largest absolute Gasteiger partial charge is 0.484 e. The Morgan fingerprint density at radius 2 is 1.72 bits per heavy atom. The molecule has 0 bridgehead atoms. The van der Waals surface area contributed by atoms with Crippen molar-refractivity contribution < 1.29 is 23.1 Å². The summed E-state index contributed by atoms with van der Waals surface area (Å²) in [7, 11) is 3.25. The smallest absolute Gasteiger partial charge is 0.323 e. The van der Waals surface area contributed by atoms with Crippen molar-refractivity contribution in [3.8, 4) is 5.75 Å². The van der Waals surface area contributed by atoms with Crippen LogP contribution in [0.1, 0.15) is 0 Å². The van der Waals surface area contributed by atoms with E-state index in [0.717, 1.165) is 12.1 Å². The van der Waals surface area contributed by atoms with Crippen molar-refractivity contribution in [1.29, 1.82) is 0 Å². The molecule has 132 valence electrons. The molecule has 8 heteroatoms. The standard InChI is InChI=1S/C17H17F2N3O3/c1-22(2)16(23)10-25-13-6-4-12(5-7-13)20-17(24)21-15-8-3-11(18)9-14(15)19/h3-9H,10H2,1-2H3,(H2,20,21,24). The number of ether oxygens (including phenoxy) is 1. The first-order valence-corrected chi connectivity index (χ1v) is 7.31. The van der Waals surface area contributed by atoms with Crippen molar-refractivity contribution >= 4 is 23.3 Å². The molecule has 0 saturated heterocycles. The van der Waals surface area contributed by atoms with E-state index >= 15 is 0 Å². The van der Waals surface area contributed by atoms with E-state index in [1.807, 2.05) is 0 Å². The molecule has 0 aliphatic rings. The van der Waals surface area contributed by atoms with E-state index in [-0.39, 0.29) is 18.2 Å². The normalized spacial score (nSPS) is 10.1. The van der Waals surface area contributed by atoms with Gasteiger partial charge in [-0.25, -0.2) is 13.6 Å². The molecule has 0 atom stereocenters. The van der Waals surface area contributed by atoms with Crippen molar-refractivity contribution in [1.82, 2.24) is 4.90 Å². The van der Waals surface area contributed by atoms with Crippen molar-refractivity contribution in [3.05, 3.63) is 54.1 Å². The van der Waals surface area contributed by atoms with Crippen LogP contribution in [0.2, 0.25) is 0 Å². The van der Waals surface area contributed by atoms with E-state index in [0.29, 0.717) is 17.5 Å². The first-order valence-electron chi connectivity index (χ1n) is 7.31. The summed E-state index contributed by atoms with van der Waals surface area (Å²) in [6, 6.07) is 8.46. The summed E-state index contributed by atoms with van der Waals surface area (Å²) in [5.74, 6) is -1.31.